The van der Waals surface area contributed by atoms with Crippen LogP contribution in [0.25, 0.3) is 0 Å². The zero-order valence-corrected chi connectivity index (χ0v) is 6.80. The number of nitrogens with two attached hydrogens (primary N) is 1. The summed E-state index contributed by atoms with van der Waals surface area (Å²) in [5.41, 5.74) is 1.13. The van der Waals surface area contributed by atoms with Crippen LogP contribution in [0, 0.1) is 11.8 Å². The normalized spacial score (nSPS) is 34.8. The summed E-state index contributed by atoms with van der Waals surface area (Å²) in [5, 5.41) is 3.74. The van der Waals surface area contributed by atoms with Gasteiger partial charge in [-0.15, -0.1) is 0 Å². The monoisotopic (exact) mass is 140 g/mol. The van der Waals surface area contributed by atoms with Gasteiger partial charge < -0.3 is 5.84 Å². The lowest BCUT2D eigenvalue weighted by atomic mass is 9.94. The molecule has 0 aromatic heterocycles. The molecule has 0 heterocycles. The highest BCUT2D eigenvalue weighted by atomic mass is 15.1. The summed E-state index contributed by atoms with van der Waals surface area (Å²) in [6, 6.07) is 0. The first kappa shape index (κ1) is 7.58. The Morgan fingerprint density at radius 1 is 1.50 bits per heavy atom. The molecule has 1 unspecified atom stereocenters. The molecule has 1 saturated carbocycles. The molecule has 0 aromatic rings. The number of hydrazone groups is 1. The molecule has 1 rings (SSSR count). The summed E-state index contributed by atoms with van der Waals surface area (Å²) in [6.45, 7) is 4.32. The van der Waals surface area contributed by atoms with Crippen LogP contribution in [0.2, 0.25) is 0 Å². The molecule has 0 amide bonds. The zero-order valence-electron chi connectivity index (χ0n) is 6.80. The highest BCUT2D eigenvalue weighted by molar-refractivity contribution is 5.84. The van der Waals surface area contributed by atoms with Crippen molar-refractivity contribution in [2.24, 2.45) is 22.8 Å². The number of hydrogen-bond acceptors (Lipinski definition) is 2. The first-order valence-corrected chi connectivity index (χ1v) is 4.00. The van der Waals surface area contributed by atoms with E-state index in [1.165, 1.54) is 19.3 Å². The molecule has 1 aliphatic carbocycles. The molecule has 58 valence electrons. The predicted octanol–water partition coefficient (Wildman–Crippen LogP) is 1.76. The smallest absolute Gasteiger partial charge is 0.0378 e. The predicted molar refractivity (Wildman–Crippen MR) is 43.8 cm³/mol. The van der Waals surface area contributed by atoms with Gasteiger partial charge >= 0.3 is 0 Å². The average Bonchev–Trinajstić information content (AvgIpc) is 2.34. The summed E-state index contributed by atoms with van der Waals surface area (Å²) in [6.07, 6.45) is 3.98. The van der Waals surface area contributed by atoms with Crippen molar-refractivity contribution in [2.75, 3.05) is 0 Å². The van der Waals surface area contributed by atoms with Gasteiger partial charge in [-0.05, 0) is 19.3 Å². The molecular weight excluding hydrogens is 124 g/mol. The maximum absolute atomic E-state index is 5.20. The second-order valence-corrected chi connectivity index (χ2v) is 3.29. The topological polar surface area (TPSA) is 38.4 Å². The maximum atomic E-state index is 5.20. The van der Waals surface area contributed by atoms with Gasteiger partial charge in [0, 0.05) is 11.6 Å². The van der Waals surface area contributed by atoms with Crippen LogP contribution < -0.4 is 5.84 Å². The van der Waals surface area contributed by atoms with Gasteiger partial charge in [-0.2, -0.15) is 5.10 Å². The van der Waals surface area contributed by atoms with E-state index >= 15 is 0 Å². The molecule has 2 nitrogen and oxygen atoms in total. The standard InChI is InChI=1S/C8H16N2/c1-6-4-3-5-8(6)7(2)10-9/h6,8H,3-5,9H2,1-2H3/b10-7-/t6?,8-/m0/s1. The van der Waals surface area contributed by atoms with Crippen molar-refractivity contribution in [3.8, 4) is 0 Å². The molecule has 1 aliphatic rings. The second kappa shape index (κ2) is 3.04. The molecule has 0 saturated heterocycles. The highest BCUT2D eigenvalue weighted by Crippen LogP contribution is 2.31. The van der Waals surface area contributed by atoms with E-state index in [-0.39, 0.29) is 0 Å². The highest BCUT2D eigenvalue weighted by Gasteiger charge is 2.25. The number of nitrogens with zero attached hydrogens (tertiary/aromatic N) is 1. The van der Waals surface area contributed by atoms with Crippen molar-refractivity contribution in [2.45, 2.75) is 33.1 Å². The lowest BCUT2D eigenvalue weighted by Crippen LogP contribution is -2.15. The zero-order chi connectivity index (χ0) is 7.56. The lowest BCUT2D eigenvalue weighted by molar-refractivity contribution is 0.527. The van der Waals surface area contributed by atoms with Crippen molar-refractivity contribution >= 4 is 5.71 Å². The van der Waals surface area contributed by atoms with Gasteiger partial charge in [0.2, 0.25) is 0 Å². The van der Waals surface area contributed by atoms with Gasteiger partial charge in [0.25, 0.3) is 0 Å². The van der Waals surface area contributed by atoms with Crippen LogP contribution in [0.3, 0.4) is 0 Å². The largest absolute Gasteiger partial charge is 0.323 e. The third-order valence-corrected chi connectivity index (χ3v) is 2.60. The summed E-state index contributed by atoms with van der Waals surface area (Å²) >= 11 is 0. The Bertz CT molecular complexity index is 140. The third kappa shape index (κ3) is 1.31. The van der Waals surface area contributed by atoms with Crippen molar-refractivity contribution < 1.29 is 0 Å². The van der Waals surface area contributed by atoms with Gasteiger partial charge in [-0.1, -0.05) is 19.8 Å². The molecular formula is C8H16N2. The van der Waals surface area contributed by atoms with Gasteiger partial charge in [-0.25, -0.2) is 0 Å². The molecule has 0 spiro atoms. The fraction of sp³-hybridized carbons (Fsp3) is 0.875. The fourth-order valence-corrected chi connectivity index (χ4v) is 1.86. The summed E-state index contributed by atoms with van der Waals surface area (Å²) in [5.74, 6) is 6.67. The van der Waals surface area contributed by atoms with E-state index in [0.29, 0.717) is 5.92 Å². The Morgan fingerprint density at radius 3 is 2.60 bits per heavy atom. The minimum absolute atomic E-state index is 0.671. The Labute approximate surface area is 62.5 Å². The number of hydrogen-bond donors (Lipinski definition) is 1. The molecule has 0 aromatic carbocycles. The lowest BCUT2D eigenvalue weighted by Gasteiger charge is -2.13. The van der Waals surface area contributed by atoms with Gasteiger partial charge in [0.05, 0.1) is 0 Å². The average molecular weight is 140 g/mol. The van der Waals surface area contributed by atoms with E-state index in [4.69, 9.17) is 5.84 Å². The molecule has 0 aliphatic heterocycles. The second-order valence-electron chi connectivity index (χ2n) is 3.29. The minimum Gasteiger partial charge on any atom is -0.323 e. The van der Waals surface area contributed by atoms with Crippen LogP contribution in [-0.2, 0) is 0 Å². The molecule has 2 N–H and O–H groups in total. The van der Waals surface area contributed by atoms with Crippen molar-refractivity contribution in [3.63, 3.8) is 0 Å². The molecule has 1 fully saturated rings. The van der Waals surface area contributed by atoms with Crippen LogP contribution in [0.1, 0.15) is 33.1 Å². The minimum atomic E-state index is 0.671. The van der Waals surface area contributed by atoms with E-state index in [9.17, 15) is 0 Å². The van der Waals surface area contributed by atoms with Gasteiger partial charge in [0.1, 0.15) is 0 Å². The Morgan fingerprint density at radius 2 is 2.20 bits per heavy atom. The van der Waals surface area contributed by atoms with E-state index in [2.05, 4.69) is 12.0 Å². The molecule has 0 bridgehead atoms. The number of rotatable bonds is 1. The van der Waals surface area contributed by atoms with Crippen LogP contribution >= 0.6 is 0 Å². The quantitative estimate of drug-likeness (QED) is 0.336. The first-order valence-electron chi connectivity index (χ1n) is 4.00. The van der Waals surface area contributed by atoms with Crippen molar-refractivity contribution in [1.82, 2.24) is 0 Å². The van der Waals surface area contributed by atoms with E-state index in [1.54, 1.807) is 0 Å². The Kier molecular flexibility index (Phi) is 2.30. The van der Waals surface area contributed by atoms with Crippen LogP contribution in [0.5, 0.6) is 0 Å². The molecule has 0 radical (unpaired) electrons. The summed E-state index contributed by atoms with van der Waals surface area (Å²) in [4.78, 5) is 0. The van der Waals surface area contributed by atoms with Crippen molar-refractivity contribution in [3.05, 3.63) is 0 Å². The Hall–Kier alpha value is -0.530. The summed E-state index contributed by atoms with van der Waals surface area (Å²) < 4.78 is 0. The molecule has 2 heteroatoms. The summed E-state index contributed by atoms with van der Waals surface area (Å²) in [7, 11) is 0. The molecule has 2 atom stereocenters. The first-order chi connectivity index (χ1) is 4.75. The van der Waals surface area contributed by atoms with E-state index in [1.807, 2.05) is 6.92 Å². The SMILES string of the molecule is C/C(=N/N)[C@H]1CCCC1C. The van der Waals surface area contributed by atoms with E-state index in [0.717, 1.165) is 11.6 Å². The van der Waals surface area contributed by atoms with Gasteiger partial charge in [-0.3, -0.25) is 0 Å². The van der Waals surface area contributed by atoms with Gasteiger partial charge in [0.15, 0.2) is 0 Å². The van der Waals surface area contributed by atoms with E-state index < -0.39 is 0 Å². The Balaban J connectivity index is 2.55. The maximum Gasteiger partial charge on any atom is 0.0378 e. The van der Waals surface area contributed by atoms with Crippen LogP contribution in [0.15, 0.2) is 5.10 Å². The third-order valence-electron chi connectivity index (χ3n) is 2.60. The van der Waals surface area contributed by atoms with Crippen molar-refractivity contribution in [1.29, 1.82) is 0 Å². The van der Waals surface area contributed by atoms with Crippen LogP contribution in [-0.4, -0.2) is 5.71 Å². The molecule has 10 heavy (non-hydrogen) atoms. The fourth-order valence-electron chi connectivity index (χ4n) is 1.86. The van der Waals surface area contributed by atoms with Crippen LogP contribution in [0.4, 0.5) is 0 Å².